The van der Waals surface area contributed by atoms with E-state index < -0.39 is 6.41 Å². The Labute approximate surface area is 115 Å². The number of aliphatic hydroxyl groups excluding tert-OH is 2. The number of nitrogen functional groups attached to an aromatic ring is 1. The topological polar surface area (TPSA) is 131 Å². The van der Waals surface area contributed by atoms with Gasteiger partial charge in [0.15, 0.2) is 17.0 Å². The molecule has 0 aliphatic rings. The summed E-state index contributed by atoms with van der Waals surface area (Å²) in [6, 6.07) is 0. The van der Waals surface area contributed by atoms with E-state index >= 15 is 0 Å². The zero-order chi connectivity index (χ0) is 14.5. The lowest BCUT2D eigenvalue weighted by molar-refractivity contribution is -0.152. The molecule has 0 bridgehead atoms. The van der Waals surface area contributed by atoms with Crippen LogP contribution >= 0.6 is 0 Å². The highest BCUT2D eigenvalue weighted by atomic mass is 16.6. The first-order valence-electron chi connectivity index (χ1n) is 6.31. The molecule has 0 amide bonds. The van der Waals surface area contributed by atoms with Gasteiger partial charge in [0.1, 0.15) is 6.33 Å². The minimum absolute atomic E-state index is 0.00289. The fourth-order valence-electron chi connectivity index (χ4n) is 1.72. The van der Waals surface area contributed by atoms with Gasteiger partial charge in [0.2, 0.25) is 12.4 Å². The Bertz CT molecular complexity index is 573. The van der Waals surface area contributed by atoms with Crippen LogP contribution in [0.1, 0.15) is 19.8 Å². The number of aliphatic hydroxyl groups is 2. The number of hydrogen-bond donors (Lipinski definition) is 4. The number of aromatic nitrogens is 4. The molecule has 20 heavy (non-hydrogen) atoms. The lowest BCUT2D eigenvalue weighted by Crippen LogP contribution is -2.14. The Morgan fingerprint density at radius 1 is 1.50 bits per heavy atom. The maximum Gasteiger partial charge on any atom is 0.244 e. The summed E-state index contributed by atoms with van der Waals surface area (Å²) in [5, 5.41) is 21.7. The first kappa shape index (κ1) is 14.4. The average Bonchev–Trinajstić information content (AvgIpc) is 2.83. The highest BCUT2D eigenvalue weighted by Crippen LogP contribution is 2.22. The predicted octanol–water partition coefficient (Wildman–Crippen LogP) is -0.312. The molecule has 2 aromatic heterocycles. The Balaban J connectivity index is 2.30. The number of anilines is 2. The van der Waals surface area contributed by atoms with E-state index in [9.17, 15) is 5.11 Å². The monoisotopic (exact) mass is 282 g/mol. The van der Waals surface area contributed by atoms with Gasteiger partial charge >= 0.3 is 0 Å². The molecule has 0 aromatic carbocycles. The number of fused-ring (bicyclic) bond motifs is 1. The van der Waals surface area contributed by atoms with Gasteiger partial charge in [-0.2, -0.15) is 9.97 Å². The minimum atomic E-state index is -1.24. The summed E-state index contributed by atoms with van der Waals surface area (Å²) in [6.45, 7) is 2.80. The molecular formula is C11H18N6O3. The van der Waals surface area contributed by atoms with Crippen molar-refractivity contribution < 1.29 is 14.9 Å². The van der Waals surface area contributed by atoms with Crippen LogP contribution in [0.3, 0.4) is 0 Å². The van der Waals surface area contributed by atoms with Crippen molar-refractivity contribution in [2.75, 3.05) is 30.8 Å². The largest absolute Gasteiger partial charge is 0.396 e. The molecule has 2 aromatic rings. The fourth-order valence-corrected chi connectivity index (χ4v) is 1.72. The Kier molecular flexibility index (Phi) is 4.66. The molecule has 1 unspecified atom stereocenters. The zero-order valence-corrected chi connectivity index (χ0v) is 11.2. The van der Waals surface area contributed by atoms with Gasteiger partial charge in [0, 0.05) is 13.2 Å². The third-order valence-electron chi connectivity index (χ3n) is 2.59. The summed E-state index contributed by atoms with van der Waals surface area (Å²) in [5.74, 6) is 0.592. The third-order valence-corrected chi connectivity index (χ3v) is 2.59. The van der Waals surface area contributed by atoms with E-state index in [0.29, 0.717) is 29.9 Å². The second-order valence-electron chi connectivity index (χ2n) is 4.06. The molecule has 1 atom stereocenters. The van der Waals surface area contributed by atoms with Crippen molar-refractivity contribution >= 4 is 22.9 Å². The Morgan fingerprint density at radius 3 is 3.00 bits per heavy atom. The van der Waals surface area contributed by atoms with Crippen molar-refractivity contribution in [3.63, 3.8) is 0 Å². The van der Waals surface area contributed by atoms with Gasteiger partial charge in [-0.1, -0.05) is 0 Å². The smallest absolute Gasteiger partial charge is 0.244 e. The number of nitrogens with one attached hydrogen (secondary N) is 1. The number of nitrogens with two attached hydrogens (primary N) is 1. The third kappa shape index (κ3) is 2.95. The van der Waals surface area contributed by atoms with E-state index in [1.807, 2.05) is 6.92 Å². The van der Waals surface area contributed by atoms with Gasteiger partial charge in [-0.05, 0) is 13.3 Å². The number of ether oxygens (including phenoxy) is 1. The van der Waals surface area contributed by atoms with Gasteiger partial charge in [-0.3, -0.25) is 4.57 Å². The van der Waals surface area contributed by atoms with Crippen LogP contribution in [0, 0.1) is 0 Å². The molecule has 5 N–H and O–H groups in total. The maximum absolute atomic E-state index is 9.94. The number of imidazole rings is 1. The quantitative estimate of drug-likeness (QED) is 0.401. The maximum atomic E-state index is 9.94. The fraction of sp³-hybridized carbons (Fsp3) is 0.545. The van der Waals surface area contributed by atoms with Crippen molar-refractivity contribution in [1.82, 2.24) is 19.5 Å². The van der Waals surface area contributed by atoms with Crippen molar-refractivity contribution in [1.29, 1.82) is 0 Å². The normalized spacial score (nSPS) is 12.8. The summed E-state index contributed by atoms with van der Waals surface area (Å²) in [7, 11) is 0. The molecule has 0 saturated carbocycles. The summed E-state index contributed by atoms with van der Waals surface area (Å²) < 4.78 is 6.52. The second kappa shape index (κ2) is 6.46. The first-order chi connectivity index (χ1) is 9.67. The van der Waals surface area contributed by atoms with Crippen LogP contribution < -0.4 is 11.1 Å². The van der Waals surface area contributed by atoms with E-state index in [2.05, 4.69) is 20.3 Å². The van der Waals surface area contributed by atoms with E-state index in [-0.39, 0.29) is 19.2 Å². The summed E-state index contributed by atoms with van der Waals surface area (Å²) in [6.07, 6.45) is 0.600. The molecule has 0 radical (unpaired) electrons. The molecule has 0 aliphatic heterocycles. The summed E-state index contributed by atoms with van der Waals surface area (Å²) in [5.41, 5.74) is 6.53. The molecule has 0 spiro atoms. The molecule has 0 aliphatic carbocycles. The van der Waals surface area contributed by atoms with E-state index in [1.54, 1.807) is 0 Å². The van der Waals surface area contributed by atoms with Crippen molar-refractivity contribution in [3.8, 4) is 0 Å². The molecular weight excluding hydrogens is 264 g/mol. The van der Waals surface area contributed by atoms with Gasteiger partial charge in [-0.25, -0.2) is 4.98 Å². The van der Waals surface area contributed by atoms with Crippen molar-refractivity contribution in [3.05, 3.63) is 6.33 Å². The molecule has 110 valence electrons. The van der Waals surface area contributed by atoms with Crippen LogP contribution in [-0.2, 0) is 4.74 Å². The minimum Gasteiger partial charge on any atom is -0.396 e. The van der Waals surface area contributed by atoms with Gasteiger partial charge in [0.25, 0.3) is 0 Å². The highest BCUT2D eigenvalue weighted by molar-refractivity contribution is 5.84. The second-order valence-corrected chi connectivity index (χ2v) is 4.06. The van der Waals surface area contributed by atoms with Crippen LogP contribution in [0.15, 0.2) is 6.33 Å². The van der Waals surface area contributed by atoms with E-state index in [0.717, 1.165) is 0 Å². The average molecular weight is 282 g/mol. The highest BCUT2D eigenvalue weighted by Gasteiger charge is 2.16. The van der Waals surface area contributed by atoms with Crippen molar-refractivity contribution in [2.45, 2.75) is 19.8 Å². The lowest BCUT2D eigenvalue weighted by Gasteiger charge is -2.13. The Hall–Kier alpha value is -1.97. The van der Waals surface area contributed by atoms with Gasteiger partial charge in [0.05, 0.1) is 6.61 Å². The summed E-state index contributed by atoms with van der Waals surface area (Å²) >= 11 is 0. The zero-order valence-electron chi connectivity index (χ0n) is 11.2. The van der Waals surface area contributed by atoms with Gasteiger partial charge < -0.3 is 26.0 Å². The van der Waals surface area contributed by atoms with Crippen molar-refractivity contribution in [2.24, 2.45) is 0 Å². The van der Waals surface area contributed by atoms with Crippen LogP contribution in [0.25, 0.3) is 11.2 Å². The van der Waals surface area contributed by atoms with E-state index in [4.69, 9.17) is 15.6 Å². The number of rotatable bonds is 7. The van der Waals surface area contributed by atoms with Crippen LogP contribution in [0.2, 0.25) is 0 Å². The predicted molar refractivity (Wildman–Crippen MR) is 72.8 cm³/mol. The van der Waals surface area contributed by atoms with E-state index in [1.165, 1.54) is 10.9 Å². The molecule has 2 rings (SSSR count). The lowest BCUT2D eigenvalue weighted by atomic mass is 10.4. The molecule has 9 nitrogen and oxygen atoms in total. The standard InChI is InChI=1S/C11H18N6O3/c1-2-13-8-7-9(16-10(12)15-8)17(6-14-7)11(19)20-5-3-4-18/h6,11,18-19H,2-5H2,1H3,(H3,12,13,15,16). The molecule has 2 heterocycles. The van der Waals surface area contributed by atoms with Gasteiger partial charge in [-0.15, -0.1) is 0 Å². The van der Waals surface area contributed by atoms with Crippen LogP contribution in [0.4, 0.5) is 11.8 Å². The first-order valence-corrected chi connectivity index (χ1v) is 6.31. The Morgan fingerprint density at radius 2 is 2.30 bits per heavy atom. The van der Waals surface area contributed by atoms with Crippen LogP contribution in [-0.4, -0.2) is 49.5 Å². The SMILES string of the molecule is CCNc1nc(N)nc2c1ncn2C(O)OCCCO. The molecule has 9 heteroatoms. The number of nitrogens with zero attached hydrogens (tertiary/aromatic N) is 4. The summed E-state index contributed by atoms with van der Waals surface area (Å²) in [4.78, 5) is 12.3. The number of hydrogen-bond acceptors (Lipinski definition) is 8. The molecule has 0 fully saturated rings. The molecule has 0 saturated heterocycles. The van der Waals surface area contributed by atoms with Crippen LogP contribution in [0.5, 0.6) is 0 Å².